The zero-order valence-electron chi connectivity index (χ0n) is 11.8. The lowest BCUT2D eigenvalue weighted by molar-refractivity contribution is 0.0932. The third kappa shape index (κ3) is 2.94. The zero-order chi connectivity index (χ0) is 14.8. The van der Waals surface area contributed by atoms with E-state index in [-0.39, 0.29) is 11.9 Å². The molecule has 1 atom stereocenters. The third-order valence-electron chi connectivity index (χ3n) is 3.91. The molecule has 1 aliphatic heterocycles. The Morgan fingerprint density at radius 2 is 2.29 bits per heavy atom. The summed E-state index contributed by atoms with van der Waals surface area (Å²) in [4.78, 5) is 12.3. The van der Waals surface area contributed by atoms with Crippen LogP contribution in [0.3, 0.4) is 0 Å². The van der Waals surface area contributed by atoms with E-state index in [1.807, 2.05) is 11.5 Å². The molecule has 21 heavy (non-hydrogen) atoms. The number of halogens is 1. The smallest absolute Gasteiger partial charge is 0.251 e. The minimum Gasteiger partial charge on any atom is -0.349 e. The quantitative estimate of drug-likeness (QED) is 0.917. The lowest BCUT2D eigenvalue weighted by atomic mass is 10.1. The summed E-state index contributed by atoms with van der Waals surface area (Å²) in [5.41, 5.74) is 1.18. The molecule has 1 aromatic heterocycles. The molecule has 6 heteroatoms. The van der Waals surface area contributed by atoms with Crippen LogP contribution in [0.25, 0.3) is 0 Å². The van der Waals surface area contributed by atoms with Crippen LogP contribution in [0.5, 0.6) is 0 Å². The number of benzene rings is 1. The maximum absolute atomic E-state index is 13.3. The molecule has 0 radical (unpaired) electrons. The van der Waals surface area contributed by atoms with Gasteiger partial charge in [0.05, 0.1) is 0 Å². The number of nitrogens with one attached hydrogen (secondary N) is 1. The summed E-state index contributed by atoms with van der Waals surface area (Å²) in [7, 11) is 0. The highest BCUT2D eigenvalue weighted by atomic mass is 19.1. The predicted molar refractivity (Wildman–Crippen MR) is 75.4 cm³/mol. The second-order valence-corrected chi connectivity index (χ2v) is 5.40. The number of aryl methyl sites for hydroxylation is 3. The predicted octanol–water partition coefficient (Wildman–Crippen LogP) is 1.86. The molecule has 5 nitrogen and oxygen atoms in total. The van der Waals surface area contributed by atoms with Crippen LogP contribution in [0.4, 0.5) is 4.39 Å². The van der Waals surface area contributed by atoms with Crippen molar-refractivity contribution in [3.8, 4) is 0 Å². The molecule has 3 rings (SSSR count). The Balaban J connectivity index is 1.68. The number of aromatic nitrogens is 3. The van der Waals surface area contributed by atoms with Gasteiger partial charge < -0.3 is 9.88 Å². The highest BCUT2D eigenvalue weighted by molar-refractivity contribution is 5.95. The van der Waals surface area contributed by atoms with Gasteiger partial charge in [-0.15, -0.1) is 10.2 Å². The molecule has 0 aliphatic carbocycles. The molecule has 1 N–H and O–H groups in total. The van der Waals surface area contributed by atoms with Gasteiger partial charge in [-0.3, -0.25) is 4.79 Å². The molecule has 2 heterocycles. The fourth-order valence-electron chi connectivity index (χ4n) is 2.65. The number of carbonyl (C=O) groups excluding carboxylic acids is 1. The lowest BCUT2D eigenvalue weighted by Gasteiger charge is -2.17. The Morgan fingerprint density at radius 1 is 1.43 bits per heavy atom. The second-order valence-electron chi connectivity index (χ2n) is 5.40. The largest absolute Gasteiger partial charge is 0.349 e. The Morgan fingerprint density at radius 3 is 3.14 bits per heavy atom. The van der Waals surface area contributed by atoms with Crippen molar-refractivity contribution in [2.45, 2.75) is 38.8 Å². The van der Waals surface area contributed by atoms with Gasteiger partial charge in [0.1, 0.15) is 18.0 Å². The highest BCUT2D eigenvalue weighted by Crippen LogP contribution is 2.15. The summed E-state index contributed by atoms with van der Waals surface area (Å²) in [6.07, 6.45) is 4.15. The Labute approximate surface area is 122 Å². The van der Waals surface area contributed by atoms with E-state index < -0.39 is 5.82 Å². The monoisotopic (exact) mass is 288 g/mol. The van der Waals surface area contributed by atoms with Gasteiger partial charge in [-0.25, -0.2) is 4.39 Å². The van der Waals surface area contributed by atoms with Gasteiger partial charge >= 0.3 is 0 Å². The number of amides is 1. The summed E-state index contributed by atoms with van der Waals surface area (Å²) in [6, 6.07) is 4.35. The molecular formula is C15H17FN4O. The summed E-state index contributed by atoms with van der Waals surface area (Å²) >= 11 is 0. The van der Waals surface area contributed by atoms with Gasteiger partial charge in [0.15, 0.2) is 0 Å². The van der Waals surface area contributed by atoms with Crippen molar-refractivity contribution in [1.29, 1.82) is 0 Å². The lowest BCUT2D eigenvalue weighted by Crippen LogP contribution is -2.35. The highest BCUT2D eigenvalue weighted by Gasteiger charge is 2.20. The number of fused-ring (bicyclic) bond motifs is 1. The first-order chi connectivity index (χ1) is 10.1. The molecule has 0 saturated heterocycles. The maximum atomic E-state index is 13.3. The zero-order valence-corrected chi connectivity index (χ0v) is 11.8. The van der Waals surface area contributed by atoms with Crippen LogP contribution in [-0.2, 0) is 13.0 Å². The Hall–Kier alpha value is -2.24. The number of rotatable bonds is 2. The minimum absolute atomic E-state index is 0.0712. The fraction of sp³-hybridized carbons (Fsp3) is 0.400. The van der Waals surface area contributed by atoms with Crippen molar-refractivity contribution in [3.63, 3.8) is 0 Å². The summed E-state index contributed by atoms with van der Waals surface area (Å²) in [6.45, 7) is 2.60. The van der Waals surface area contributed by atoms with E-state index >= 15 is 0 Å². The van der Waals surface area contributed by atoms with Crippen LogP contribution in [0.15, 0.2) is 24.5 Å². The van der Waals surface area contributed by atoms with E-state index in [1.165, 1.54) is 12.1 Å². The van der Waals surface area contributed by atoms with Crippen molar-refractivity contribution in [2.24, 2.45) is 0 Å². The van der Waals surface area contributed by atoms with Crippen molar-refractivity contribution in [3.05, 3.63) is 47.3 Å². The van der Waals surface area contributed by atoms with E-state index in [1.54, 1.807) is 12.4 Å². The molecule has 2 aromatic rings. The van der Waals surface area contributed by atoms with Crippen molar-refractivity contribution >= 4 is 5.91 Å². The van der Waals surface area contributed by atoms with Crippen molar-refractivity contribution in [1.82, 2.24) is 20.1 Å². The number of hydrogen-bond acceptors (Lipinski definition) is 3. The standard InChI is InChI=1S/C15H17FN4O/c1-10-2-3-11(16)8-13(10)15(21)18-12-4-5-14-19-17-9-20(14)7-6-12/h2-3,8-9,12H,4-7H2,1H3,(H,18,21). The van der Waals surface area contributed by atoms with Crippen LogP contribution >= 0.6 is 0 Å². The number of carbonyl (C=O) groups is 1. The van der Waals surface area contributed by atoms with Gasteiger partial charge in [-0.2, -0.15) is 0 Å². The van der Waals surface area contributed by atoms with E-state index in [9.17, 15) is 9.18 Å². The average molecular weight is 288 g/mol. The molecule has 1 amide bonds. The summed E-state index contributed by atoms with van der Waals surface area (Å²) in [5.74, 6) is 0.348. The number of hydrogen-bond donors (Lipinski definition) is 1. The van der Waals surface area contributed by atoms with Gasteiger partial charge in [-0.05, 0) is 37.5 Å². The first-order valence-electron chi connectivity index (χ1n) is 7.07. The molecule has 1 aliphatic rings. The Kier molecular flexibility index (Phi) is 3.68. The van der Waals surface area contributed by atoms with Crippen LogP contribution in [0, 0.1) is 12.7 Å². The first-order valence-corrected chi connectivity index (χ1v) is 7.07. The first kappa shape index (κ1) is 13.7. The SMILES string of the molecule is Cc1ccc(F)cc1C(=O)NC1CCc2nncn2CC1. The van der Waals surface area contributed by atoms with Crippen LogP contribution < -0.4 is 5.32 Å². The van der Waals surface area contributed by atoms with Crippen LogP contribution in [0.1, 0.15) is 34.6 Å². The van der Waals surface area contributed by atoms with Gasteiger partial charge in [-0.1, -0.05) is 6.07 Å². The minimum atomic E-state index is -0.391. The van der Waals surface area contributed by atoms with Gasteiger partial charge in [0, 0.05) is 24.6 Å². The molecule has 1 aromatic carbocycles. The number of nitrogens with zero attached hydrogens (tertiary/aromatic N) is 3. The average Bonchev–Trinajstić information content (AvgIpc) is 2.84. The van der Waals surface area contributed by atoms with Gasteiger partial charge in [0.25, 0.3) is 5.91 Å². The van der Waals surface area contributed by atoms with Crippen LogP contribution in [-0.4, -0.2) is 26.7 Å². The molecule has 1 unspecified atom stereocenters. The fourth-order valence-corrected chi connectivity index (χ4v) is 2.65. The van der Waals surface area contributed by atoms with Crippen molar-refractivity contribution < 1.29 is 9.18 Å². The molecule has 110 valence electrons. The van der Waals surface area contributed by atoms with E-state index in [0.29, 0.717) is 5.56 Å². The van der Waals surface area contributed by atoms with Crippen LogP contribution in [0.2, 0.25) is 0 Å². The topological polar surface area (TPSA) is 59.8 Å². The maximum Gasteiger partial charge on any atom is 0.251 e. The summed E-state index contributed by atoms with van der Waals surface area (Å²) < 4.78 is 15.3. The van der Waals surface area contributed by atoms with Crippen molar-refractivity contribution in [2.75, 3.05) is 0 Å². The molecule has 0 saturated carbocycles. The normalized spacial score (nSPS) is 17.9. The Bertz CT molecular complexity index is 645. The van der Waals surface area contributed by atoms with E-state index in [4.69, 9.17) is 0 Å². The van der Waals surface area contributed by atoms with Gasteiger partial charge in [0.2, 0.25) is 0 Å². The second kappa shape index (κ2) is 5.63. The van der Waals surface area contributed by atoms with E-state index in [0.717, 1.165) is 37.2 Å². The molecule has 0 spiro atoms. The summed E-state index contributed by atoms with van der Waals surface area (Å²) in [5, 5.41) is 10.9. The molecular weight excluding hydrogens is 271 g/mol. The molecule has 0 fully saturated rings. The third-order valence-corrected chi connectivity index (χ3v) is 3.91. The molecule has 0 bridgehead atoms. The van der Waals surface area contributed by atoms with E-state index in [2.05, 4.69) is 15.5 Å².